The van der Waals surface area contributed by atoms with E-state index < -0.39 is 0 Å². The number of aromatic nitrogens is 2. The number of alkyl halides is 1. The Morgan fingerprint density at radius 2 is 2.00 bits per heavy atom. The van der Waals surface area contributed by atoms with Crippen molar-refractivity contribution in [1.82, 2.24) is 9.55 Å². The van der Waals surface area contributed by atoms with Crippen LogP contribution in [0.2, 0.25) is 0 Å². The summed E-state index contributed by atoms with van der Waals surface area (Å²) in [4.78, 5) is 4.39. The van der Waals surface area contributed by atoms with Gasteiger partial charge in [0, 0.05) is 10.4 Å². The molecular weight excluding hydrogens is 312 g/mol. The molecule has 0 aliphatic carbocycles. The van der Waals surface area contributed by atoms with Gasteiger partial charge in [-0.2, -0.15) is 0 Å². The van der Waals surface area contributed by atoms with E-state index in [1.54, 1.807) is 0 Å². The topological polar surface area (TPSA) is 17.8 Å². The first kappa shape index (κ1) is 11.8. The van der Waals surface area contributed by atoms with E-state index in [4.69, 9.17) is 11.6 Å². The third-order valence-corrected chi connectivity index (χ3v) is 3.82. The summed E-state index contributed by atoms with van der Waals surface area (Å²) in [5.74, 6) is 0.517. The van der Waals surface area contributed by atoms with Crippen LogP contribution in [0.1, 0.15) is 5.56 Å². The highest BCUT2D eigenvalue weighted by Gasteiger charge is 2.07. The van der Waals surface area contributed by atoms with Gasteiger partial charge in [-0.3, -0.25) is 4.57 Å². The van der Waals surface area contributed by atoms with Gasteiger partial charge in [0.25, 0.3) is 0 Å². The maximum absolute atomic E-state index is 5.83. The average Bonchev–Trinajstić information content (AvgIpc) is 2.82. The van der Waals surface area contributed by atoms with Gasteiger partial charge in [-0.25, -0.2) is 4.98 Å². The van der Waals surface area contributed by atoms with Gasteiger partial charge in [0.2, 0.25) is 0 Å². The number of hydrogen-bond acceptors (Lipinski definition) is 1. The minimum atomic E-state index is 0.517. The number of imidazole rings is 1. The van der Waals surface area contributed by atoms with Gasteiger partial charge in [0.1, 0.15) is 6.33 Å². The van der Waals surface area contributed by atoms with Crippen LogP contribution in [0.5, 0.6) is 0 Å². The third-order valence-electron chi connectivity index (χ3n) is 2.88. The van der Waals surface area contributed by atoms with Crippen LogP contribution in [0.4, 0.5) is 0 Å². The van der Waals surface area contributed by atoms with Gasteiger partial charge in [-0.05, 0) is 45.8 Å². The molecule has 0 radical (unpaired) electrons. The number of nitrogens with zero attached hydrogens (tertiary/aromatic N) is 2. The molecule has 0 amide bonds. The molecule has 1 heterocycles. The Labute approximate surface area is 118 Å². The molecule has 0 atom stereocenters. The van der Waals surface area contributed by atoms with E-state index in [1.165, 1.54) is 0 Å². The molecule has 0 N–H and O–H groups in total. The van der Waals surface area contributed by atoms with Gasteiger partial charge < -0.3 is 0 Å². The second-order valence-corrected chi connectivity index (χ2v) is 5.14. The quantitative estimate of drug-likeness (QED) is 0.634. The molecule has 18 heavy (non-hydrogen) atoms. The summed E-state index contributed by atoms with van der Waals surface area (Å²) in [5.41, 5.74) is 4.25. The molecule has 90 valence electrons. The van der Waals surface area contributed by atoms with Gasteiger partial charge >= 0.3 is 0 Å². The minimum absolute atomic E-state index is 0.517. The van der Waals surface area contributed by atoms with Crippen molar-refractivity contribution in [3.05, 3.63) is 58.8 Å². The first-order valence-corrected chi connectivity index (χ1v) is 6.89. The fraction of sp³-hybridized carbons (Fsp3) is 0.0714. The van der Waals surface area contributed by atoms with Gasteiger partial charge in [0.05, 0.1) is 16.7 Å². The van der Waals surface area contributed by atoms with E-state index in [0.717, 1.165) is 26.8 Å². The first-order chi connectivity index (χ1) is 8.79. The second-order valence-electron chi connectivity index (χ2n) is 4.02. The Morgan fingerprint density at radius 3 is 2.78 bits per heavy atom. The zero-order chi connectivity index (χ0) is 12.5. The van der Waals surface area contributed by atoms with Crippen LogP contribution in [0, 0.1) is 0 Å². The fourth-order valence-corrected chi connectivity index (χ4v) is 2.76. The summed E-state index contributed by atoms with van der Waals surface area (Å²) in [5, 5.41) is 0. The summed E-state index contributed by atoms with van der Waals surface area (Å²) < 4.78 is 3.08. The maximum Gasteiger partial charge on any atom is 0.100 e. The molecule has 0 bridgehead atoms. The lowest BCUT2D eigenvalue weighted by Gasteiger charge is -2.08. The van der Waals surface area contributed by atoms with Crippen molar-refractivity contribution in [3.63, 3.8) is 0 Å². The number of fused-ring (bicyclic) bond motifs is 1. The molecule has 4 heteroatoms. The predicted molar refractivity (Wildman–Crippen MR) is 78.3 cm³/mol. The molecule has 0 spiro atoms. The van der Waals surface area contributed by atoms with E-state index in [1.807, 2.05) is 36.7 Å². The summed E-state index contributed by atoms with van der Waals surface area (Å²) in [7, 11) is 0. The molecule has 0 aliphatic rings. The van der Waals surface area contributed by atoms with Crippen molar-refractivity contribution in [2.24, 2.45) is 0 Å². The summed E-state index contributed by atoms with van der Waals surface area (Å²) in [6, 6.07) is 14.2. The second kappa shape index (κ2) is 4.75. The van der Waals surface area contributed by atoms with Gasteiger partial charge in [0.15, 0.2) is 0 Å². The highest BCUT2D eigenvalue weighted by Crippen LogP contribution is 2.26. The van der Waals surface area contributed by atoms with Crippen LogP contribution in [0.3, 0.4) is 0 Å². The standard InChI is InChI=1S/C14H10BrClN2/c15-11-7-10(8-16)5-6-13(11)18-9-17-12-3-1-2-4-14(12)18/h1-7,9H,8H2. The Bertz CT molecular complexity index is 706. The number of hydrogen-bond donors (Lipinski definition) is 0. The van der Waals surface area contributed by atoms with Crippen LogP contribution in [0.25, 0.3) is 16.7 Å². The number of rotatable bonds is 2. The molecule has 3 aromatic rings. The van der Waals surface area contributed by atoms with Crippen molar-refractivity contribution in [3.8, 4) is 5.69 Å². The maximum atomic E-state index is 5.83. The van der Waals surface area contributed by atoms with E-state index in [0.29, 0.717) is 5.88 Å². The minimum Gasteiger partial charge on any atom is -0.298 e. The molecule has 0 aliphatic heterocycles. The smallest absolute Gasteiger partial charge is 0.100 e. The van der Waals surface area contributed by atoms with E-state index >= 15 is 0 Å². The molecule has 2 nitrogen and oxygen atoms in total. The summed E-state index contributed by atoms with van der Waals surface area (Å²) >= 11 is 9.42. The van der Waals surface area contributed by atoms with Crippen molar-refractivity contribution in [2.75, 3.05) is 0 Å². The van der Waals surface area contributed by atoms with Crippen LogP contribution in [-0.4, -0.2) is 9.55 Å². The zero-order valence-corrected chi connectivity index (χ0v) is 11.8. The lowest BCUT2D eigenvalue weighted by atomic mass is 10.2. The predicted octanol–water partition coefficient (Wildman–Crippen LogP) is 4.53. The Morgan fingerprint density at radius 1 is 1.17 bits per heavy atom. The third kappa shape index (κ3) is 1.93. The van der Waals surface area contributed by atoms with Crippen molar-refractivity contribution in [2.45, 2.75) is 5.88 Å². The highest BCUT2D eigenvalue weighted by molar-refractivity contribution is 9.10. The van der Waals surface area contributed by atoms with Gasteiger partial charge in [-0.1, -0.05) is 18.2 Å². The lowest BCUT2D eigenvalue weighted by Crippen LogP contribution is -1.94. The molecule has 1 aromatic heterocycles. The normalized spacial score (nSPS) is 11.0. The van der Waals surface area contributed by atoms with E-state index in [9.17, 15) is 0 Å². The van der Waals surface area contributed by atoms with Crippen LogP contribution >= 0.6 is 27.5 Å². The highest BCUT2D eigenvalue weighted by atomic mass is 79.9. The molecule has 0 fully saturated rings. The van der Waals surface area contributed by atoms with E-state index in [2.05, 4.69) is 37.6 Å². The first-order valence-electron chi connectivity index (χ1n) is 5.56. The lowest BCUT2D eigenvalue weighted by molar-refractivity contribution is 1.08. The van der Waals surface area contributed by atoms with Gasteiger partial charge in [-0.15, -0.1) is 11.6 Å². The molecule has 0 unspecified atom stereocenters. The molecule has 2 aromatic carbocycles. The molecule has 0 saturated carbocycles. The largest absolute Gasteiger partial charge is 0.298 e. The number of benzene rings is 2. The van der Waals surface area contributed by atoms with Crippen LogP contribution in [0.15, 0.2) is 53.3 Å². The van der Waals surface area contributed by atoms with Crippen molar-refractivity contribution >= 4 is 38.6 Å². The summed E-state index contributed by atoms with van der Waals surface area (Å²) in [6.07, 6.45) is 1.84. The van der Waals surface area contributed by atoms with Crippen LogP contribution < -0.4 is 0 Å². The SMILES string of the molecule is ClCc1ccc(-n2cnc3ccccc32)c(Br)c1. The van der Waals surface area contributed by atoms with Crippen molar-refractivity contribution < 1.29 is 0 Å². The molecule has 0 saturated heterocycles. The van der Waals surface area contributed by atoms with Crippen LogP contribution in [-0.2, 0) is 5.88 Å². The molecule has 3 rings (SSSR count). The Hall–Kier alpha value is -1.32. The Kier molecular flexibility index (Phi) is 3.10. The summed E-state index contributed by atoms with van der Waals surface area (Å²) in [6.45, 7) is 0. The molecular formula is C14H10BrClN2. The fourth-order valence-electron chi connectivity index (χ4n) is 1.98. The average molecular weight is 322 g/mol. The zero-order valence-electron chi connectivity index (χ0n) is 9.48. The monoisotopic (exact) mass is 320 g/mol. The van der Waals surface area contributed by atoms with Crippen molar-refractivity contribution in [1.29, 1.82) is 0 Å². The Balaban J connectivity index is 2.20. The van der Waals surface area contributed by atoms with E-state index in [-0.39, 0.29) is 0 Å². The number of halogens is 2. The number of para-hydroxylation sites is 2.